The number of amides is 1. The molecule has 1 atom stereocenters. The predicted octanol–water partition coefficient (Wildman–Crippen LogP) is 4.24. The van der Waals surface area contributed by atoms with Crippen molar-refractivity contribution in [3.8, 4) is 0 Å². The molecule has 0 aliphatic carbocycles. The van der Waals surface area contributed by atoms with E-state index in [1.54, 1.807) is 6.20 Å². The molecule has 1 aliphatic heterocycles. The molecule has 0 saturated carbocycles. The number of piperidine rings is 1. The SMILES string of the molecule is Cc1c(C(=O)N2CCCC[C@H]2c2ncc(Cc3ccccc3)o2)sc2nc[nH]c(=O)c12. The second kappa shape index (κ2) is 8.11. The summed E-state index contributed by atoms with van der Waals surface area (Å²) in [7, 11) is 0. The lowest BCUT2D eigenvalue weighted by molar-refractivity contribution is 0.0574. The third-order valence-corrected chi connectivity index (χ3v) is 6.96. The first-order valence-corrected chi connectivity index (χ1v) is 11.2. The molecule has 4 heterocycles. The summed E-state index contributed by atoms with van der Waals surface area (Å²) < 4.78 is 6.08. The number of oxazole rings is 1. The molecule has 1 fully saturated rings. The minimum atomic E-state index is -0.216. The highest BCUT2D eigenvalue weighted by Crippen LogP contribution is 2.35. The molecular formula is C23H22N4O3S. The molecule has 31 heavy (non-hydrogen) atoms. The third kappa shape index (κ3) is 3.67. The molecule has 1 N–H and O–H groups in total. The van der Waals surface area contributed by atoms with Gasteiger partial charge in [0.25, 0.3) is 11.5 Å². The zero-order valence-corrected chi connectivity index (χ0v) is 17.9. The largest absolute Gasteiger partial charge is 0.443 e. The zero-order chi connectivity index (χ0) is 21.4. The van der Waals surface area contributed by atoms with Gasteiger partial charge in [-0.05, 0) is 37.3 Å². The van der Waals surface area contributed by atoms with Crippen molar-refractivity contribution in [3.63, 3.8) is 0 Å². The van der Waals surface area contributed by atoms with Gasteiger partial charge in [-0.1, -0.05) is 30.3 Å². The number of likely N-dealkylation sites (tertiary alicyclic amines) is 1. The number of nitrogens with one attached hydrogen (secondary N) is 1. The zero-order valence-electron chi connectivity index (χ0n) is 17.1. The number of aromatic nitrogens is 3. The van der Waals surface area contributed by atoms with E-state index in [9.17, 15) is 9.59 Å². The van der Waals surface area contributed by atoms with Crippen LogP contribution in [-0.2, 0) is 6.42 Å². The van der Waals surface area contributed by atoms with Gasteiger partial charge in [-0.25, -0.2) is 9.97 Å². The fourth-order valence-electron chi connectivity index (χ4n) is 4.20. The lowest BCUT2D eigenvalue weighted by Crippen LogP contribution is -2.38. The quantitative estimate of drug-likeness (QED) is 0.519. The highest BCUT2D eigenvalue weighted by atomic mass is 32.1. The van der Waals surface area contributed by atoms with E-state index in [1.807, 2.05) is 30.0 Å². The summed E-state index contributed by atoms with van der Waals surface area (Å²) >= 11 is 1.27. The van der Waals surface area contributed by atoms with E-state index in [0.717, 1.165) is 30.6 Å². The summed E-state index contributed by atoms with van der Waals surface area (Å²) in [6.07, 6.45) is 6.55. The second-order valence-electron chi connectivity index (χ2n) is 7.81. The summed E-state index contributed by atoms with van der Waals surface area (Å²) in [5.41, 5.74) is 1.62. The maximum absolute atomic E-state index is 13.5. The first kappa shape index (κ1) is 19.7. The minimum absolute atomic E-state index is 0.0904. The number of hydrogen-bond acceptors (Lipinski definition) is 6. The van der Waals surface area contributed by atoms with E-state index in [4.69, 9.17) is 4.42 Å². The highest BCUT2D eigenvalue weighted by molar-refractivity contribution is 7.20. The summed E-state index contributed by atoms with van der Waals surface area (Å²) in [5, 5.41) is 0.491. The number of hydrogen-bond donors (Lipinski definition) is 1. The Bertz CT molecular complexity index is 1290. The van der Waals surface area contributed by atoms with Crippen LogP contribution in [0.2, 0.25) is 0 Å². The van der Waals surface area contributed by atoms with Crippen molar-refractivity contribution in [2.75, 3.05) is 6.54 Å². The number of aromatic amines is 1. The van der Waals surface area contributed by atoms with Crippen molar-refractivity contribution in [1.82, 2.24) is 19.9 Å². The Hall–Kier alpha value is -3.26. The van der Waals surface area contributed by atoms with Gasteiger partial charge in [-0.2, -0.15) is 0 Å². The van der Waals surface area contributed by atoms with Crippen LogP contribution in [0.1, 0.15) is 57.8 Å². The summed E-state index contributed by atoms with van der Waals surface area (Å²) in [6, 6.07) is 9.89. The van der Waals surface area contributed by atoms with Crippen LogP contribution in [0.15, 0.2) is 52.1 Å². The molecule has 0 spiro atoms. The van der Waals surface area contributed by atoms with Gasteiger partial charge in [0, 0.05) is 13.0 Å². The Balaban J connectivity index is 1.44. The molecule has 0 unspecified atom stereocenters. The number of thiophene rings is 1. The number of fused-ring (bicyclic) bond motifs is 1. The Labute approximate surface area is 182 Å². The van der Waals surface area contributed by atoms with E-state index in [-0.39, 0.29) is 17.5 Å². The average Bonchev–Trinajstić information content (AvgIpc) is 3.39. The number of benzene rings is 1. The highest BCUT2D eigenvalue weighted by Gasteiger charge is 2.34. The Kier molecular flexibility index (Phi) is 5.15. The van der Waals surface area contributed by atoms with E-state index < -0.39 is 0 Å². The van der Waals surface area contributed by atoms with Crippen molar-refractivity contribution in [3.05, 3.63) is 80.9 Å². The van der Waals surface area contributed by atoms with E-state index in [1.165, 1.54) is 17.7 Å². The smallest absolute Gasteiger partial charge is 0.264 e. The molecule has 3 aromatic heterocycles. The third-order valence-electron chi connectivity index (χ3n) is 5.77. The molecule has 158 valence electrons. The summed E-state index contributed by atoms with van der Waals surface area (Å²) in [4.78, 5) is 40.0. The van der Waals surface area contributed by atoms with Gasteiger partial charge in [0.05, 0.1) is 22.8 Å². The molecule has 8 heteroatoms. The Morgan fingerprint density at radius 2 is 2.10 bits per heavy atom. The van der Waals surface area contributed by atoms with Gasteiger partial charge in [0.15, 0.2) is 0 Å². The lowest BCUT2D eigenvalue weighted by atomic mass is 10.0. The second-order valence-corrected chi connectivity index (χ2v) is 8.80. The lowest BCUT2D eigenvalue weighted by Gasteiger charge is -2.33. The van der Waals surface area contributed by atoms with Crippen LogP contribution < -0.4 is 5.56 Å². The number of carbonyl (C=O) groups excluding carboxylic acids is 1. The molecule has 1 amide bonds. The Morgan fingerprint density at radius 1 is 1.26 bits per heavy atom. The number of aryl methyl sites for hydroxylation is 1. The van der Waals surface area contributed by atoms with Crippen molar-refractivity contribution in [2.24, 2.45) is 0 Å². The Morgan fingerprint density at radius 3 is 2.90 bits per heavy atom. The fraction of sp³-hybridized carbons (Fsp3) is 0.304. The first-order chi connectivity index (χ1) is 15.1. The minimum Gasteiger partial charge on any atom is -0.443 e. The summed E-state index contributed by atoms with van der Waals surface area (Å²) in [5.74, 6) is 1.27. The number of carbonyl (C=O) groups is 1. The molecule has 0 bridgehead atoms. The van der Waals surface area contributed by atoms with Gasteiger partial charge >= 0.3 is 0 Å². The van der Waals surface area contributed by atoms with E-state index >= 15 is 0 Å². The fourth-order valence-corrected chi connectivity index (χ4v) is 5.31. The molecule has 0 radical (unpaired) electrons. The van der Waals surface area contributed by atoms with Crippen molar-refractivity contribution in [2.45, 2.75) is 38.6 Å². The van der Waals surface area contributed by atoms with Crippen LogP contribution in [0, 0.1) is 6.92 Å². The molecule has 7 nitrogen and oxygen atoms in total. The van der Waals surface area contributed by atoms with Crippen molar-refractivity contribution < 1.29 is 9.21 Å². The van der Waals surface area contributed by atoms with Crippen LogP contribution >= 0.6 is 11.3 Å². The topological polar surface area (TPSA) is 92.1 Å². The normalized spacial score (nSPS) is 16.7. The molecule has 1 aliphatic rings. The predicted molar refractivity (Wildman–Crippen MR) is 118 cm³/mol. The van der Waals surface area contributed by atoms with Gasteiger partial charge < -0.3 is 14.3 Å². The molecule has 4 aromatic rings. The van der Waals surface area contributed by atoms with Crippen LogP contribution in [0.3, 0.4) is 0 Å². The average molecular weight is 435 g/mol. The standard InChI is InChI=1S/C23H22N4O3S/c1-14-18-20(28)25-13-26-22(18)31-19(14)23(29)27-10-6-5-9-17(27)21-24-12-16(30-21)11-15-7-3-2-4-8-15/h2-4,7-8,12-13,17H,5-6,9-11H2,1H3,(H,25,26,28)/t17-/m0/s1. The molecule has 5 rings (SSSR count). The molecule has 1 saturated heterocycles. The number of nitrogens with zero attached hydrogens (tertiary/aromatic N) is 3. The van der Waals surface area contributed by atoms with Gasteiger partial charge in [-0.3, -0.25) is 9.59 Å². The molecule has 1 aromatic carbocycles. The summed E-state index contributed by atoms with van der Waals surface area (Å²) in [6.45, 7) is 2.45. The number of rotatable bonds is 4. The van der Waals surface area contributed by atoms with Crippen LogP contribution in [0.25, 0.3) is 10.2 Å². The van der Waals surface area contributed by atoms with Crippen molar-refractivity contribution >= 4 is 27.5 Å². The number of H-pyrrole nitrogens is 1. The first-order valence-electron chi connectivity index (χ1n) is 10.4. The maximum atomic E-state index is 13.5. The van der Waals surface area contributed by atoms with Crippen LogP contribution in [0.4, 0.5) is 0 Å². The maximum Gasteiger partial charge on any atom is 0.264 e. The van der Waals surface area contributed by atoms with Crippen molar-refractivity contribution in [1.29, 1.82) is 0 Å². The van der Waals surface area contributed by atoms with Crippen LogP contribution in [0.5, 0.6) is 0 Å². The van der Waals surface area contributed by atoms with E-state index in [2.05, 4.69) is 27.1 Å². The van der Waals surface area contributed by atoms with Gasteiger partial charge in [0.2, 0.25) is 5.89 Å². The van der Waals surface area contributed by atoms with E-state index in [0.29, 0.717) is 39.5 Å². The monoisotopic (exact) mass is 434 g/mol. The van der Waals surface area contributed by atoms with Gasteiger partial charge in [-0.15, -0.1) is 11.3 Å². The van der Waals surface area contributed by atoms with Crippen LogP contribution in [-0.4, -0.2) is 32.3 Å². The molecular weight excluding hydrogens is 412 g/mol. The van der Waals surface area contributed by atoms with Gasteiger partial charge in [0.1, 0.15) is 16.6 Å².